The maximum absolute atomic E-state index is 6.60. The van der Waals surface area contributed by atoms with Gasteiger partial charge in [0.2, 0.25) is 0 Å². The van der Waals surface area contributed by atoms with Crippen molar-refractivity contribution >= 4 is 17.2 Å². The van der Waals surface area contributed by atoms with Crippen molar-refractivity contribution in [2.45, 2.75) is 122 Å². The molecule has 25 heavy (non-hydrogen) atoms. The van der Waals surface area contributed by atoms with Crippen LogP contribution in [-0.4, -0.2) is 26.2 Å². The van der Waals surface area contributed by atoms with Crippen LogP contribution < -0.4 is 0 Å². The first-order valence-electron chi connectivity index (χ1n) is 11.5. The molecule has 0 bridgehead atoms. The van der Waals surface area contributed by atoms with Gasteiger partial charge in [0.25, 0.3) is 0 Å². The molecule has 0 spiro atoms. The van der Waals surface area contributed by atoms with Crippen LogP contribution in [0.5, 0.6) is 0 Å². The van der Waals surface area contributed by atoms with Crippen molar-refractivity contribution in [2.75, 3.05) is 26.2 Å². The predicted octanol–water partition coefficient (Wildman–Crippen LogP) is 9.62. The number of unbranched alkanes of at least 4 members (excludes halogenated alkanes) is 17. The van der Waals surface area contributed by atoms with Gasteiger partial charge in [-0.1, -0.05) is 51.9 Å². The van der Waals surface area contributed by atoms with E-state index in [1.807, 2.05) is 0 Å². The van der Waals surface area contributed by atoms with Crippen molar-refractivity contribution < 1.29 is 0 Å². The molecule has 0 nitrogen and oxygen atoms in total. The predicted molar refractivity (Wildman–Crippen MR) is 124 cm³/mol. The van der Waals surface area contributed by atoms with E-state index < -0.39 is 5.96 Å². The third-order valence-corrected chi connectivity index (χ3v) is 7.60. The van der Waals surface area contributed by atoms with Crippen LogP contribution in [0, 0.1) is 0 Å². The van der Waals surface area contributed by atoms with Gasteiger partial charge in [-0.05, 0) is 0 Å². The zero-order chi connectivity index (χ0) is 18.9. The Morgan fingerprint density at radius 1 is 0.440 bits per heavy atom. The van der Waals surface area contributed by atoms with Gasteiger partial charge >= 0.3 is 114 Å². The van der Waals surface area contributed by atoms with Crippen LogP contribution in [0.3, 0.4) is 0 Å². The van der Waals surface area contributed by atoms with Crippen LogP contribution in [0.25, 0.3) is 0 Å². The van der Waals surface area contributed by atoms with Crippen LogP contribution in [0.1, 0.15) is 122 Å². The number of hydrogen-bond acceptors (Lipinski definition) is 0. The Hall–Kier alpha value is 0.720. The summed E-state index contributed by atoms with van der Waals surface area (Å²) in [6.45, 7) is 9.13. The molecule has 0 aromatic heterocycles. The van der Waals surface area contributed by atoms with Crippen molar-refractivity contribution in [1.82, 2.24) is 0 Å². The standard InChI is InChI=1S/C23H50ClP/c1-5-6-7-8-9-10-11-12-13-14-15-16-17-18-19-20-21-22-23-25(2,3,4)24/h5-23H2,1-4H3. The summed E-state index contributed by atoms with van der Waals surface area (Å²) in [5.74, 6) is -1.75. The molecule has 2 heteroatoms. The molecule has 0 unspecified atom stereocenters. The Kier molecular flexibility index (Phi) is 16.2. The zero-order valence-corrected chi connectivity index (χ0v) is 19.9. The van der Waals surface area contributed by atoms with Gasteiger partial charge in [-0.3, -0.25) is 0 Å². The van der Waals surface area contributed by atoms with Gasteiger partial charge in [0.1, 0.15) is 0 Å². The molecular formula is C23H50ClP. The summed E-state index contributed by atoms with van der Waals surface area (Å²) >= 11 is 6.60. The van der Waals surface area contributed by atoms with E-state index in [1.165, 1.54) is 122 Å². The maximum atomic E-state index is 6.60. The normalized spacial score (nSPS) is 13.7. The molecule has 0 radical (unpaired) electrons. The van der Waals surface area contributed by atoms with Gasteiger partial charge in [-0.2, -0.15) is 0 Å². The molecule has 0 rings (SSSR count). The zero-order valence-electron chi connectivity index (χ0n) is 18.3. The van der Waals surface area contributed by atoms with Gasteiger partial charge in [0.15, 0.2) is 0 Å². The van der Waals surface area contributed by atoms with Crippen molar-refractivity contribution in [2.24, 2.45) is 0 Å². The molecule has 154 valence electrons. The van der Waals surface area contributed by atoms with Crippen molar-refractivity contribution in [3.05, 3.63) is 0 Å². The third kappa shape index (κ3) is 24.7. The Morgan fingerprint density at radius 2 is 0.680 bits per heavy atom. The summed E-state index contributed by atoms with van der Waals surface area (Å²) in [4.78, 5) is 0. The molecule has 0 saturated heterocycles. The van der Waals surface area contributed by atoms with Crippen LogP contribution >= 0.6 is 17.2 Å². The minimum absolute atomic E-state index is 1.26. The Balaban J connectivity index is 3.08. The molecule has 0 saturated carbocycles. The molecular weight excluding hydrogens is 343 g/mol. The second-order valence-corrected chi connectivity index (χ2v) is 19.7. The van der Waals surface area contributed by atoms with Crippen molar-refractivity contribution in [3.8, 4) is 0 Å². The average molecular weight is 393 g/mol. The first-order valence-corrected chi connectivity index (χ1v) is 16.2. The van der Waals surface area contributed by atoms with Crippen LogP contribution in [-0.2, 0) is 0 Å². The minimum atomic E-state index is -1.75. The summed E-state index contributed by atoms with van der Waals surface area (Å²) < 4.78 is 0. The molecule has 0 fully saturated rings. The summed E-state index contributed by atoms with van der Waals surface area (Å²) in [5, 5.41) is 0. The number of halogens is 1. The van der Waals surface area contributed by atoms with Gasteiger partial charge in [-0.25, -0.2) is 0 Å². The van der Waals surface area contributed by atoms with Crippen LogP contribution in [0.2, 0.25) is 0 Å². The van der Waals surface area contributed by atoms with Crippen LogP contribution in [0.4, 0.5) is 0 Å². The number of hydrogen-bond donors (Lipinski definition) is 0. The fraction of sp³-hybridized carbons (Fsp3) is 1.00. The van der Waals surface area contributed by atoms with Crippen molar-refractivity contribution in [1.29, 1.82) is 0 Å². The van der Waals surface area contributed by atoms with Gasteiger partial charge in [0.05, 0.1) is 0 Å². The first kappa shape index (κ1) is 25.7. The van der Waals surface area contributed by atoms with E-state index in [0.717, 1.165) is 0 Å². The topological polar surface area (TPSA) is 0 Å². The molecule has 0 heterocycles. The Bertz CT molecular complexity index is 270. The Labute approximate surface area is 166 Å². The molecule has 0 aromatic rings. The molecule has 0 N–H and O–H groups in total. The van der Waals surface area contributed by atoms with Crippen molar-refractivity contribution in [3.63, 3.8) is 0 Å². The van der Waals surface area contributed by atoms with E-state index in [2.05, 4.69) is 26.9 Å². The Morgan fingerprint density at radius 3 is 0.920 bits per heavy atom. The number of rotatable bonds is 19. The SMILES string of the molecule is CCCCCCCCCCCCCCCCCCCCP(C)(C)(C)Cl. The fourth-order valence-corrected chi connectivity index (χ4v) is 5.20. The molecule has 0 aliphatic rings. The van der Waals surface area contributed by atoms with Crippen LogP contribution in [0.15, 0.2) is 0 Å². The monoisotopic (exact) mass is 392 g/mol. The van der Waals surface area contributed by atoms with Gasteiger partial charge in [0, 0.05) is 0 Å². The quantitative estimate of drug-likeness (QED) is 0.151. The summed E-state index contributed by atoms with van der Waals surface area (Å²) in [7, 11) is 0. The van der Waals surface area contributed by atoms with Gasteiger partial charge < -0.3 is 0 Å². The first-order chi connectivity index (χ1) is 11.8. The summed E-state index contributed by atoms with van der Waals surface area (Å²) in [6, 6.07) is 0. The second kappa shape index (κ2) is 15.7. The fourth-order valence-electron chi connectivity index (χ4n) is 3.55. The van der Waals surface area contributed by atoms with E-state index in [9.17, 15) is 0 Å². The van der Waals surface area contributed by atoms with Gasteiger partial charge in [-0.15, -0.1) is 0 Å². The average Bonchev–Trinajstić information content (AvgIpc) is 2.52. The summed E-state index contributed by atoms with van der Waals surface area (Å²) in [5.41, 5.74) is 0. The second-order valence-electron chi connectivity index (χ2n) is 9.65. The molecule has 0 aliphatic heterocycles. The summed E-state index contributed by atoms with van der Waals surface area (Å²) in [6.07, 6.45) is 27.3. The molecule has 0 amide bonds. The van der Waals surface area contributed by atoms with E-state index in [-0.39, 0.29) is 0 Å². The van der Waals surface area contributed by atoms with E-state index in [0.29, 0.717) is 0 Å². The van der Waals surface area contributed by atoms with E-state index in [4.69, 9.17) is 11.2 Å². The molecule has 0 atom stereocenters. The third-order valence-electron chi connectivity index (χ3n) is 5.27. The molecule has 0 aliphatic carbocycles. The molecule has 0 aromatic carbocycles. The van der Waals surface area contributed by atoms with E-state index >= 15 is 0 Å². The van der Waals surface area contributed by atoms with E-state index in [1.54, 1.807) is 0 Å².